The lowest BCUT2D eigenvalue weighted by molar-refractivity contribution is 0.0730. The summed E-state index contributed by atoms with van der Waals surface area (Å²) >= 11 is 0. The molecule has 2 aromatic rings. The molecule has 170 valence electrons. The van der Waals surface area contributed by atoms with Gasteiger partial charge in [0.25, 0.3) is 5.91 Å². The lowest BCUT2D eigenvalue weighted by atomic mass is 10.2. The summed E-state index contributed by atoms with van der Waals surface area (Å²) < 4.78 is 58.2. The van der Waals surface area contributed by atoms with Crippen LogP contribution in [0.15, 0.2) is 58.3 Å². The van der Waals surface area contributed by atoms with Gasteiger partial charge in [-0.3, -0.25) is 4.79 Å². The number of nitrogens with zero attached hydrogens (tertiary/aromatic N) is 1. The highest BCUT2D eigenvalue weighted by Crippen LogP contribution is 2.18. The summed E-state index contributed by atoms with van der Waals surface area (Å²) in [5.74, 6) is 1.80. The maximum absolute atomic E-state index is 12.6. The van der Waals surface area contributed by atoms with Crippen LogP contribution >= 0.6 is 0 Å². The molecule has 0 aliphatic carbocycles. The highest BCUT2D eigenvalue weighted by Gasteiger charge is 2.26. The molecule has 1 fully saturated rings. The summed E-state index contributed by atoms with van der Waals surface area (Å²) in [6.45, 7) is 1.44. The van der Waals surface area contributed by atoms with Crippen LogP contribution in [-0.2, 0) is 31.3 Å². The number of hydrogen-bond donors (Lipinski definition) is 2. The molecule has 2 aromatic carbocycles. The van der Waals surface area contributed by atoms with E-state index in [-0.39, 0.29) is 28.4 Å². The summed E-state index contributed by atoms with van der Waals surface area (Å²) in [5, 5.41) is 2.72. The Morgan fingerprint density at radius 1 is 0.969 bits per heavy atom. The number of morpholine rings is 1. The zero-order valence-corrected chi connectivity index (χ0v) is 18.8. The fourth-order valence-corrected chi connectivity index (χ4v) is 5.35. The van der Waals surface area contributed by atoms with Crippen LogP contribution in [-0.4, -0.2) is 59.9 Å². The largest absolute Gasteiger partial charge is 0.379 e. The predicted molar refractivity (Wildman–Crippen MR) is 118 cm³/mol. The van der Waals surface area contributed by atoms with Gasteiger partial charge >= 0.3 is 0 Å². The number of carbonyl (C=O) groups is 1. The zero-order valence-electron chi connectivity index (χ0n) is 17.2. The van der Waals surface area contributed by atoms with E-state index in [1.807, 2.05) is 0 Å². The van der Waals surface area contributed by atoms with Crippen LogP contribution in [0.3, 0.4) is 0 Å². The molecule has 0 spiro atoms. The standard InChI is InChI=1S/C21H23N3O6S2/c1-2-11-23-31(26,27)19-9-5-18(6-10-19)21(25)22-16-17-3-7-20(8-4-17)32(28,29)24-12-14-30-15-13-24/h1,3-10,23H,11-16H2,(H,22,25). The Bertz CT molecular complexity index is 1200. The number of nitrogens with one attached hydrogen (secondary N) is 2. The van der Waals surface area contributed by atoms with Crippen LogP contribution < -0.4 is 10.0 Å². The Balaban J connectivity index is 1.60. The van der Waals surface area contributed by atoms with E-state index in [0.717, 1.165) is 5.56 Å². The Morgan fingerprint density at radius 3 is 2.16 bits per heavy atom. The first-order chi connectivity index (χ1) is 15.2. The van der Waals surface area contributed by atoms with Crippen LogP contribution in [0.25, 0.3) is 0 Å². The maximum atomic E-state index is 12.6. The molecular formula is C21H23N3O6S2. The van der Waals surface area contributed by atoms with E-state index in [4.69, 9.17) is 11.2 Å². The summed E-state index contributed by atoms with van der Waals surface area (Å²) in [6, 6.07) is 11.7. The lowest BCUT2D eigenvalue weighted by Crippen LogP contribution is -2.40. The van der Waals surface area contributed by atoms with Gasteiger partial charge in [-0.25, -0.2) is 16.8 Å². The SMILES string of the molecule is C#CCNS(=O)(=O)c1ccc(C(=O)NCc2ccc(S(=O)(=O)N3CCOCC3)cc2)cc1. The van der Waals surface area contributed by atoms with E-state index in [2.05, 4.69) is 16.0 Å². The minimum Gasteiger partial charge on any atom is -0.379 e. The number of hydrogen-bond acceptors (Lipinski definition) is 6. The second kappa shape index (κ2) is 10.2. The molecule has 1 aliphatic rings. The van der Waals surface area contributed by atoms with Gasteiger partial charge in [0.1, 0.15) is 0 Å². The van der Waals surface area contributed by atoms with E-state index in [0.29, 0.717) is 26.3 Å². The predicted octanol–water partition coefficient (Wildman–Crippen LogP) is 0.549. The highest BCUT2D eigenvalue weighted by molar-refractivity contribution is 7.89. The smallest absolute Gasteiger partial charge is 0.251 e. The Morgan fingerprint density at radius 2 is 1.56 bits per heavy atom. The number of benzene rings is 2. The molecule has 0 saturated carbocycles. The van der Waals surface area contributed by atoms with E-state index in [1.165, 1.54) is 40.7 Å². The first kappa shape index (κ1) is 23.9. The van der Waals surface area contributed by atoms with Crippen molar-refractivity contribution in [1.82, 2.24) is 14.3 Å². The number of rotatable bonds is 8. The van der Waals surface area contributed by atoms with Crippen molar-refractivity contribution >= 4 is 26.0 Å². The number of sulfonamides is 2. The van der Waals surface area contributed by atoms with Crippen LogP contribution in [0.1, 0.15) is 15.9 Å². The molecule has 11 heteroatoms. The summed E-state index contributed by atoms with van der Waals surface area (Å²) in [5.41, 5.74) is 1.00. The van der Waals surface area contributed by atoms with E-state index < -0.39 is 26.0 Å². The quantitative estimate of drug-likeness (QED) is 0.536. The number of amides is 1. The van der Waals surface area contributed by atoms with E-state index in [9.17, 15) is 21.6 Å². The van der Waals surface area contributed by atoms with Gasteiger partial charge in [-0.1, -0.05) is 18.1 Å². The Kier molecular flexibility index (Phi) is 7.65. The molecule has 1 aliphatic heterocycles. The molecule has 1 heterocycles. The molecule has 3 rings (SSSR count). The molecule has 0 bridgehead atoms. The third-order valence-corrected chi connectivity index (χ3v) is 8.11. The van der Waals surface area contributed by atoms with Gasteiger partial charge in [0, 0.05) is 25.2 Å². The minimum atomic E-state index is -3.73. The van der Waals surface area contributed by atoms with Gasteiger partial charge in [-0.05, 0) is 42.0 Å². The molecule has 9 nitrogen and oxygen atoms in total. The Labute approximate surface area is 187 Å². The number of carbonyl (C=O) groups excluding carboxylic acids is 1. The highest BCUT2D eigenvalue weighted by atomic mass is 32.2. The normalized spacial score (nSPS) is 15.1. The number of terminal acetylenes is 1. The monoisotopic (exact) mass is 477 g/mol. The third-order valence-electron chi connectivity index (χ3n) is 4.78. The van der Waals surface area contributed by atoms with Crippen LogP contribution in [0.2, 0.25) is 0 Å². The van der Waals surface area contributed by atoms with Gasteiger partial charge in [-0.15, -0.1) is 6.42 Å². The average molecular weight is 478 g/mol. The number of ether oxygens (including phenoxy) is 1. The van der Waals surface area contributed by atoms with Gasteiger partial charge < -0.3 is 10.1 Å². The van der Waals surface area contributed by atoms with E-state index in [1.54, 1.807) is 12.1 Å². The summed E-state index contributed by atoms with van der Waals surface area (Å²) in [7, 11) is -7.30. The first-order valence-corrected chi connectivity index (χ1v) is 12.6. The zero-order chi connectivity index (χ0) is 23.2. The van der Waals surface area contributed by atoms with Crippen LogP contribution in [0.5, 0.6) is 0 Å². The third kappa shape index (κ3) is 5.73. The fraction of sp³-hybridized carbons (Fsp3) is 0.286. The van der Waals surface area contributed by atoms with Gasteiger partial charge in [0.2, 0.25) is 20.0 Å². The second-order valence-electron chi connectivity index (χ2n) is 6.90. The molecule has 1 saturated heterocycles. The maximum Gasteiger partial charge on any atom is 0.251 e. The molecular weight excluding hydrogens is 454 g/mol. The van der Waals surface area contributed by atoms with Gasteiger partial charge in [0.05, 0.1) is 29.5 Å². The second-order valence-corrected chi connectivity index (χ2v) is 10.6. The van der Waals surface area contributed by atoms with Crippen molar-refractivity contribution in [3.8, 4) is 12.3 Å². The van der Waals surface area contributed by atoms with Crippen molar-refractivity contribution in [3.05, 3.63) is 59.7 Å². The van der Waals surface area contributed by atoms with E-state index >= 15 is 0 Å². The molecule has 0 radical (unpaired) electrons. The molecule has 0 aromatic heterocycles. The molecule has 32 heavy (non-hydrogen) atoms. The molecule has 0 unspecified atom stereocenters. The molecule has 2 N–H and O–H groups in total. The van der Waals surface area contributed by atoms with Crippen LogP contribution in [0.4, 0.5) is 0 Å². The summed E-state index contributed by atoms with van der Waals surface area (Å²) in [6.07, 6.45) is 5.06. The topological polar surface area (TPSA) is 122 Å². The van der Waals surface area contributed by atoms with Crippen molar-refractivity contribution in [2.75, 3.05) is 32.8 Å². The molecule has 0 atom stereocenters. The average Bonchev–Trinajstić information content (AvgIpc) is 2.82. The van der Waals surface area contributed by atoms with Crippen LogP contribution in [0, 0.1) is 12.3 Å². The van der Waals surface area contributed by atoms with Crippen molar-refractivity contribution < 1.29 is 26.4 Å². The van der Waals surface area contributed by atoms with Gasteiger partial charge in [-0.2, -0.15) is 9.03 Å². The summed E-state index contributed by atoms with van der Waals surface area (Å²) in [4.78, 5) is 12.6. The Hall–Kier alpha value is -2.75. The first-order valence-electron chi connectivity index (χ1n) is 9.72. The van der Waals surface area contributed by atoms with Crippen molar-refractivity contribution in [3.63, 3.8) is 0 Å². The lowest BCUT2D eigenvalue weighted by Gasteiger charge is -2.26. The van der Waals surface area contributed by atoms with Gasteiger partial charge in [0.15, 0.2) is 0 Å². The van der Waals surface area contributed by atoms with Crippen molar-refractivity contribution in [2.24, 2.45) is 0 Å². The van der Waals surface area contributed by atoms with Crippen molar-refractivity contribution in [2.45, 2.75) is 16.3 Å². The minimum absolute atomic E-state index is 0.00126. The molecule has 1 amide bonds. The fourth-order valence-electron chi connectivity index (χ4n) is 3.01. The van der Waals surface area contributed by atoms with Crippen molar-refractivity contribution in [1.29, 1.82) is 0 Å².